The van der Waals surface area contributed by atoms with Gasteiger partial charge in [0.2, 0.25) is 5.91 Å². The lowest BCUT2D eigenvalue weighted by molar-refractivity contribution is -0.121. The Morgan fingerprint density at radius 3 is 2.36 bits per heavy atom. The smallest absolute Gasteiger partial charge is 0.234 e. The van der Waals surface area contributed by atoms with E-state index in [9.17, 15) is 4.79 Å². The zero-order chi connectivity index (χ0) is 15.9. The Morgan fingerprint density at radius 2 is 1.68 bits per heavy atom. The molecular formula is C18H21ClN2O. The minimum absolute atomic E-state index is 0.00280. The van der Waals surface area contributed by atoms with Crippen LogP contribution < -0.4 is 10.6 Å². The predicted octanol–water partition coefficient (Wildman–Crippen LogP) is 3.87. The summed E-state index contributed by atoms with van der Waals surface area (Å²) in [5.74, 6) is -0.0229. The van der Waals surface area contributed by atoms with E-state index in [-0.39, 0.29) is 24.5 Å². The van der Waals surface area contributed by atoms with Gasteiger partial charge < -0.3 is 10.6 Å². The molecule has 2 aromatic rings. The molecule has 0 spiro atoms. The average molecular weight is 317 g/mol. The molecule has 0 unspecified atom stereocenters. The quantitative estimate of drug-likeness (QED) is 0.849. The fourth-order valence-electron chi connectivity index (χ4n) is 2.26. The van der Waals surface area contributed by atoms with E-state index in [1.165, 1.54) is 0 Å². The van der Waals surface area contributed by atoms with E-state index in [4.69, 9.17) is 11.6 Å². The molecule has 0 saturated heterocycles. The summed E-state index contributed by atoms with van der Waals surface area (Å²) in [4.78, 5) is 12.0. The Kier molecular flexibility index (Phi) is 5.99. The van der Waals surface area contributed by atoms with Crippen molar-refractivity contribution in [1.29, 1.82) is 0 Å². The van der Waals surface area contributed by atoms with Crippen LogP contribution in [0.2, 0.25) is 5.02 Å². The Bertz CT molecular complexity index is 615. The standard InChI is InChI=1S/C18H21ClN2O/c1-13(16-9-6-10-17(19)11-16)20-12-18(22)21-14(2)15-7-4-3-5-8-15/h3-11,13-14,20H,12H2,1-2H3,(H,21,22)/t13-,14+/m1/s1. The third-order valence-corrected chi connectivity index (χ3v) is 3.83. The molecule has 116 valence electrons. The summed E-state index contributed by atoms with van der Waals surface area (Å²) < 4.78 is 0. The van der Waals surface area contributed by atoms with Crippen LogP contribution in [-0.2, 0) is 4.79 Å². The Balaban J connectivity index is 1.82. The zero-order valence-corrected chi connectivity index (χ0v) is 13.6. The summed E-state index contributed by atoms with van der Waals surface area (Å²) in [5, 5.41) is 6.90. The molecule has 2 atom stereocenters. The molecule has 0 heterocycles. The van der Waals surface area contributed by atoms with Gasteiger partial charge in [-0.3, -0.25) is 4.79 Å². The number of hydrogen-bond acceptors (Lipinski definition) is 2. The first-order chi connectivity index (χ1) is 10.6. The van der Waals surface area contributed by atoms with Crippen molar-refractivity contribution >= 4 is 17.5 Å². The SMILES string of the molecule is C[C@H](NC(=O)CN[C@H](C)c1cccc(Cl)c1)c1ccccc1. The van der Waals surface area contributed by atoms with Crippen molar-refractivity contribution in [3.8, 4) is 0 Å². The van der Waals surface area contributed by atoms with Crippen LogP contribution in [0.25, 0.3) is 0 Å². The molecule has 4 heteroatoms. The monoisotopic (exact) mass is 316 g/mol. The van der Waals surface area contributed by atoms with E-state index < -0.39 is 0 Å². The van der Waals surface area contributed by atoms with Crippen LogP contribution in [0.1, 0.15) is 37.1 Å². The van der Waals surface area contributed by atoms with Crippen LogP contribution in [-0.4, -0.2) is 12.5 Å². The van der Waals surface area contributed by atoms with Crippen molar-refractivity contribution in [3.63, 3.8) is 0 Å². The molecule has 0 aromatic heterocycles. The summed E-state index contributed by atoms with van der Waals surface area (Å²) >= 11 is 5.98. The highest BCUT2D eigenvalue weighted by atomic mass is 35.5. The van der Waals surface area contributed by atoms with Gasteiger partial charge in [0.1, 0.15) is 0 Å². The molecule has 0 saturated carbocycles. The van der Waals surface area contributed by atoms with Crippen molar-refractivity contribution < 1.29 is 4.79 Å². The fraction of sp³-hybridized carbons (Fsp3) is 0.278. The second kappa shape index (κ2) is 7.97. The van der Waals surface area contributed by atoms with Gasteiger partial charge in [0.05, 0.1) is 12.6 Å². The molecule has 22 heavy (non-hydrogen) atoms. The topological polar surface area (TPSA) is 41.1 Å². The third kappa shape index (κ3) is 4.86. The summed E-state index contributed by atoms with van der Waals surface area (Å²) in [5.41, 5.74) is 2.16. The van der Waals surface area contributed by atoms with E-state index >= 15 is 0 Å². The minimum atomic E-state index is -0.0229. The van der Waals surface area contributed by atoms with Gasteiger partial charge in [-0.2, -0.15) is 0 Å². The van der Waals surface area contributed by atoms with Crippen LogP contribution in [0.15, 0.2) is 54.6 Å². The minimum Gasteiger partial charge on any atom is -0.348 e. The molecule has 3 nitrogen and oxygen atoms in total. The normalized spacial score (nSPS) is 13.4. The summed E-state index contributed by atoms with van der Waals surface area (Å²) in [6.07, 6.45) is 0. The lowest BCUT2D eigenvalue weighted by Gasteiger charge is -2.17. The van der Waals surface area contributed by atoms with Gasteiger partial charge in [-0.05, 0) is 37.1 Å². The third-order valence-electron chi connectivity index (χ3n) is 3.59. The van der Waals surface area contributed by atoms with Gasteiger partial charge in [0, 0.05) is 11.1 Å². The number of amides is 1. The highest BCUT2D eigenvalue weighted by molar-refractivity contribution is 6.30. The molecule has 0 aliphatic carbocycles. The second-order valence-corrected chi connectivity index (χ2v) is 5.79. The molecule has 0 radical (unpaired) electrons. The molecular weight excluding hydrogens is 296 g/mol. The van der Waals surface area contributed by atoms with E-state index in [0.29, 0.717) is 5.02 Å². The van der Waals surface area contributed by atoms with Gasteiger partial charge >= 0.3 is 0 Å². The Labute approximate surface area is 136 Å². The zero-order valence-electron chi connectivity index (χ0n) is 12.8. The lowest BCUT2D eigenvalue weighted by atomic mass is 10.1. The molecule has 0 fully saturated rings. The van der Waals surface area contributed by atoms with Crippen LogP contribution in [0.3, 0.4) is 0 Å². The highest BCUT2D eigenvalue weighted by Gasteiger charge is 2.11. The number of benzene rings is 2. The predicted molar refractivity (Wildman–Crippen MR) is 90.9 cm³/mol. The largest absolute Gasteiger partial charge is 0.348 e. The van der Waals surface area contributed by atoms with Crippen molar-refractivity contribution in [2.45, 2.75) is 25.9 Å². The number of nitrogens with one attached hydrogen (secondary N) is 2. The molecule has 0 bridgehead atoms. The van der Waals surface area contributed by atoms with E-state index in [0.717, 1.165) is 11.1 Å². The molecule has 2 N–H and O–H groups in total. The number of rotatable bonds is 6. The van der Waals surface area contributed by atoms with Crippen molar-refractivity contribution in [1.82, 2.24) is 10.6 Å². The van der Waals surface area contributed by atoms with Crippen molar-refractivity contribution in [3.05, 3.63) is 70.7 Å². The van der Waals surface area contributed by atoms with Crippen LogP contribution in [0, 0.1) is 0 Å². The number of hydrogen-bond donors (Lipinski definition) is 2. The van der Waals surface area contributed by atoms with Crippen LogP contribution in [0.5, 0.6) is 0 Å². The molecule has 1 amide bonds. The first kappa shape index (κ1) is 16.5. The number of carbonyl (C=O) groups excluding carboxylic acids is 1. The van der Waals surface area contributed by atoms with Gasteiger partial charge in [-0.15, -0.1) is 0 Å². The first-order valence-electron chi connectivity index (χ1n) is 7.39. The van der Waals surface area contributed by atoms with E-state index in [1.807, 2.05) is 68.4 Å². The average Bonchev–Trinajstić information content (AvgIpc) is 2.53. The molecule has 0 aliphatic rings. The maximum Gasteiger partial charge on any atom is 0.234 e. The number of halogens is 1. The van der Waals surface area contributed by atoms with Gasteiger partial charge in [0.15, 0.2) is 0 Å². The number of carbonyl (C=O) groups is 1. The van der Waals surface area contributed by atoms with Crippen LogP contribution >= 0.6 is 11.6 Å². The van der Waals surface area contributed by atoms with Crippen LogP contribution in [0.4, 0.5) is 0 Å². The lowest BCUT2D eigenvalue weighted by Crippen LogP contribution is -2.36. The molecule has 0 aliphatic heterocycles. The maximum absolute atomic E-state index is 12.0. The first-order valence-corrected chi connectivity index (χ1v) is 7.77. The summed E-state index contributed by atoms with van der Waals surface area (Å²) in [6.45, 7) is 4.26. The second-order valence-electron chi connectivity index (χ2n) is 5.36. The van der Waals surface area contributed by atoms with E-state index in [1.54, 1.807) is 0 Å². The Hall–Kier alpha value is -1.84. The van der Waals surface area contributed by atoms with Gasteiger partial charge in [-0.1, -0.05) is 54.1 Å². The van der Waals surface area contributed by atoms with Crippen molar-refractivity contribution in [2.24, 2.45) is 0 Å². The van der Waals surface area contributed by atoms with Gasteiger partial charge in [-0.25, -0.2) is 0 Å². The molecule has 2 aromatic carbocycles. The fourth-order valence-corrected chi connectivity index (χ4v) is 2.46. The van der Waals surface area contributed by atoms with E-state index in [2.05, 4.69) is 10.6 Å². The van der Waals surface area contributed by atoms with Crippen molar-refractivity contribution in [2.75, 3.05) is 6.54 Å². The van der Waals surface area contributed by atoms with Gasteiger partial charge in [0.25, 0.3) is 0 Å². The Morgan fingerprint density at radius 1 is 1.00 bits per heavy atom. The summed E-state index contributed by atoms with van der Waals surface area (Å²) in [6, 6.07) is 17.6. The highest BCUT2D eigenvalue weighted by Crippen LogP contribution is 2.17. The summed E-state index contributed by atoms with van der Waals surface area (Å²) in [7, 11) is 0. The maximum atomic E-state index is 12.0. The molecule has 2 rings (SSSR count).